The van der Waals surface area contributed by atoms with Crippen molar-refractivity contribution in [3.63, 3.8) is 0 Å². The number of amides is 2. The van der Waals surface area contributed by atoms with Gasteiger partial charge in [-0.25, -0.2) is 0 Å². The van der Waals surface area contributed by atoms with Crippen LogP contribution in [0.2, 0.25) is 0 Å². The van der Waals surface area contributed by atoms with Crippen LogP contribution in [0.1, 0.15) is 25.3 Å². The molecule has 1 aliphatic carbocycles. The quantitative estimate of drug-likeness (QED) is 0.902. The van der Waals surface area contributed by atoms with Crippen LogP contribution >= 0.6 is 0 Å². The maximum absolute atomic E-state index is 12.6. The van der Waals surface area contributed by atoms with E-state index in [0.29, 0.717) is 26.1 Å². The molecule has 2 N–H and O–H groups in total. The topological polar surface area (TPSA) is 66.6 Å². The van der Waals surface area contributed by atoms with Crippen LogP contribution in [0, 0.1) is 5.92 Å². The maximum Gasteiger partial charge on any atom is 0.239 e. The highest BCUT2D eigenvalue weighted by Crippen LogP contribution is 2.32. The van der Waals surface area contributed by atoms with Crippen molar-refractivity contribution in [2.75, 3.05) is 19.6 Å². The number of carbonyl (C=O) groups is 2. The summed E-state index contributed by atoms with van der Waals surface area (Å²) in [6, 6.07) is 9.40. The molecule has 2 fully saturated rings. The van der Waals surface area contributed by atoms with E-state index in [1.165, 1.54) is 0 Å². The largest absolute Gasteiger partial charge is 0.338 e. The van der Waals surface area contributed by atoms with Gasteiger partial charge in [0.15, 0.2) is 0 Å². The predicted octanol–water partition coefficient (Wildman–Crippen LogP) is 1.03. The highest BCUT2D eigenvalue weighted by molar-refractivity contribution is 5.84. The standard InChI is InChI=1S/C18H25N3O2/c1-13-12-20(9-10-21(13)17(22)15-7-8-15)18(23)16(19)11-14-5-3-2-4-6-14/h2-6,13,15-16H,7-12,19H2,1H3. The number of hydrogen-bond donors (Lipinski definition) is 1. The Morgan fingerprint density at radius 2 is 1.91 bits per heavy atom. The highest BCUT2D eigenvalue weighted by atomic mass is 16.2. The molecule has 0 radical (unpaired) electrons. The van der Waals surface area contributed by atoms with E-state index in [9.17, 15) is 9.59 Å². The molecule has 2 unspecified atom stereocenters. The van der Waals surface area contributed by atoms with Gasteiger partial charge in [-0.2, -0.15) is 0 Å². The molecule has 5 nitrogen and oxygen atoms in total. The summed E-state index contributed by atoms with van der Waals surface area (Å²) in [6.07, 6.45) is 2.59. The third kappa shape index (κ3) is 3.72. The van der Waals surface area contributed by atoms with Crippen LogP contribution in [0.5, 0.6) is 0 Å². The minimum absolute atomic E-state index is 0.0146. The summed E-state index contributed by atoms with van der Waals surface area (Å²) in [5.74, 6) is 0.484. The smallest absolute Gasteiger partial charge is 0.239 e. The van der Waals surface area contributed by atoms with Crippen LogP contribution in [-0.2, 0) is 16.0 Å². The Balaban J connectivity index is 1.55. The minimum Gasteiger partial charge on any atom is -0.338 e. The normalized spacial score (nSPS) is 22.8. The lowest BCUT2D eigenvalue weighted by molar-refractivity contribution is -0.143. The van der Waals surface area contributed by atoms with Gasteiger partial charge in [-0.05, 0) is 31.7 Å². The number of hydrogen-bond acceptors (Lipinski definition) is 3. The summed E-state index contributed by atoms with van der Waals surface area (Å²) >= 11 is 0. The van der Waals surface area contributed by atoms with Gasteiger partial charge in [-0.3, -0.25) is 9.59 Å². The molecule has 1 aliphatic heterocycles. The summed E-state index contributed by atoms with van der Waals surface area (Å²) in [6.45, 7) is 3.81. The third-order valence-corrected chi connectivity index (χ3v) is 4.76. The molecule has 2 atom stereocenters. The molecule has 0 spiro atoms. The summed E-state index contributed by atoms with van der Waals surface area (Å²) in [5, 5.41) is 0. The van der Waals surface area contributed by atoms with Gasteiger partial charge >= 0.3 is 0 Å². The lowest BCUT2D eigenvalue weighted by Gasteiger charge is -2.40. The van der Waals surface area contributed by atoms with E-state index < -0.39 is 6.04 Å². The Kier molecular flexibility index (Phi) is 4.66. The molecule has 124 valence electrons. The van der Waals surface area contributed by atoms with Gasteiger partial charge in [0.2, 0.25) is 11.8 Å². The average Bonchev–Trinajstić information content (AvgIpc) is 3.39. The zero-order chi connectivity index (χ0) is 16.4. The number of carbonyl (C=O) groups excluding carboxylic acids is 2. The Bertz CT molecular complexity index is 571. The van der Waals surface area contributed by atoms with Crippen molar-refractivity contribution in [1.29, 1.82) is 0 Å². The molecule has 1 saturated heterocycles. The molecule has 2 aliphatic rings. The van der Waals surface area contributed by atoms with Crippen molar-refractivity contribution in [2.24, 2.45) is 11.7 Å². The van der Waals surface area contributed by atoms with Crippen LogP contribution in [0.25, 0.3) is 0 Å². The van der Waals surface area contributed by atoms with E-state index in [-0.39, 0.29) is 23.8 Å². The van der Waals surface area contributed by atoms with Crippen molar-refractivity contribution >= 4 is 11.8 Å². The molecular weight excluding hydrogens is 290 g/mol. The second kappa shape index (κ2) is 6.71. The fourth-order valence-electron chi connectivity index (χ4n) is 3.24. The van der Waals surface area contributed by atoms with Crippen LogP contribution in [-0.4, -0.2) is 53.3 Å². The fourth-order valence-corrected chi connectivity index (χ4v) is 3.24. The first-order valence-electron chi connectivity index (χ1n) is 8.45. The van der Waals surface area contributed by atoms with E-state index in [1.807, 2.05) is 47.1 Å². The van der Waals surface area contributed by atoms with Crippen molar-refractivity contribution < 1.29 is 9.59 Å². The van der Waals surface area contributed by atoms with E-state index >= 15 is 0 Å². The fraction of sp³-hybridized carbons (Fsp3) is 0.556. The Hall–Kier alpha value is -1.88. The molecular formula is C18H25N3O2. The van der Waals surface area contributed by atoms with Crippen LogP contribution in [0.4, 0.5) is 0 Å². The van der Waals surface area contributed by atoms with E-state index in [0.717, 1.165) is 18.4 Å². The summed E-state index contributed by atoms with van der Waals surface area (Å²) in [4.78, 5) is 28.5. The van der Waals surface area contributed by atoms with Crippen molar-refractivity contribution in [3.8, 4) is 0 Å². The van der Waals surface area contributed by atoms with Crippen LogP contribution in [0.15, 0.2) is 30.3 Å². The molecule has 1 aromatic rings. The zero-order valence-corrected chi connectivity index (χ0v) is 13.6. The van der Waals surface area contributed by atoms with E-state index in [1.54, 1.807) is 0 Å². The minimum atomic E-state index is -0.518. The molecule has 23 heavy (non-hydrogen) atoms. The molecule has 1 saturated carbocycles. The van der Waals surface area contributed by atoms with E-state index in [4.69, 9.17) is 5.73 Å². The van der Waals surface area contributed by atoms with E-state index in [2.05, 4.69) is 0 Å². The number of rotatable bonds is 4. The maximum atomic E-state index is 12.6. The van der Waals surface area contributed by atoms with Gasteiger partial charge in [-0.1, -0.05) is 30.3 Å². The first-order valence-corrected chi connectivity index (χ1v) is 8.45. The van der Waals surface area contributed by atoms with Gasteiger partial charge in [0.1, 0.15) is 0 Å². The van der Waals surface area contributed by atoms with Gasteiger partial charge in [0, 0.05) is 31.6 Å². The molecule has 0 aromatic heterocycles. The van der Waals surface area contributed by atoms with Crippen LogP contribution < -0.4 is 5.73 Å². The number of benzene rings is 1. The number of nitrogens with zero attached hydrogens (tertiary/aromatic N) is 2. The summed E-state index contributed by atoms with van der Waals surface area (Å²) in [7, 11) is 0. The molecule has 0 bridgehead atoms. The average molecular weight is 315 g/mol. The zero-order valence-electron chi connectivity index (χ0n) is 13.6. The van der Waals surface area contributed by atoms with Crippen molar-refractivity contribution in [3.05, 3.63) is 35.9 Å². The number of piperazine rings is 1. The van der Waals surface area contributed by atoms with Gasteiger partial charge in [-0.15, -0.1) is 0 Å². The first kappa shape index (κ1) is 16.0. The Morgan fingerprint density at radius 1 is 1.22 bits per heavy atom. The summed E-state index contributed by atoms with van der Waals surface area (Å²) < 4.78 is 0. The second-order valence-electron chi connectivity index (χ2n) is 6.74. The second-order valence-corrected chi connectivity index (χ2v) is 6.74. The Labute approximate surface area is 137 Å². The van der Waals surface area contributed by atoms with Gasteiger partial charge < -0.3 is 15.5 Å². The molecule has 1 aromatic carbocycles. The monoisotopic (exact) mass is 315 g/mol. The predicted molar refractivity (Wildman–Crippen MR) is 88.6 cm³/mol. The number of nitrogens with two attached hydrogens (primary N) is 1. The summed E-state index contributed by atoms with van der Waals surface area (Å²) in [5.41, 5.74) is 7.18. The first-order chi connectivity index (χ1) is 11.1. The molecule has 5 heteroatoms. The lowest BCUT2D eigenvalue weighted by atomic mass is 10.0. The third-order valence-electron chi connectivity index (χ3n) is 4.76. The van der Waals surface area contributed by atoms with Crippen molar-refractivity contribution in [1.82, 2.24) is 9.80 Å². The van der Waals surface area contributed by atoms with Crippen molar-refractivity contribution in [2.45, 2.75) is 38.3 Å². The molecule has 2 amide bonds. The highest BCUT2D eigenvalue weighted by Gasteiger charge is 2.38. The lowest BCUT2D eigenvalue weighted by Crippen LogP contribution is -2.58. The van der Waals surface area contributed by atoms with Gasteiger partial charge in [0.25, 0.3) is 0 Å². The Morgan fingerprint density at radius 3 is 2.52 bits per heavy atom. The molecule has 1 heterocycles. The SMILES string of the molecule is CC1CN(C(=O)C(N)Cc2ccccc2)CCN1C(=O)C1CC1. The van der Waals surface area contributed by atoms with Crippen LogP contribution in [0.3, 0.4) is 0 Å². The van der Waals surface area contributed by atoms with Gasteiger partial charge in [0.05, 0.1) is 6.04 Å². The molecule has 3 rings (SSSR count).